The van der Waals surface area contributed by atoms with Crippen molar-refractivity contribution < 1.29 is 23.8 Å². The van der Waals surface area contributed by atoms with E-state index in [0.717, 1.165) is 17.5 Å². The maximum absolute atomic E-state index is 12.2. The van der Waals surface area contributed by atoms with Gasteiger partial charge in [0.1, 0.15) is 0 Å². The number of Topliss-reactive ketones (excluding diaryl/α,β-unsaturated/α-hetero) is 1. The minimum atomic E-state index is -0.562. The van der Waals surface area contributed by atoms with Gasteiger partial charge in [0.05, 0.1) is 13.2 Å². The van der Waals surface area contributed by atoms with E-state index >= 15 is 0 Å². The molecule has 0 saturated heterocycles. The highest BCUT2D eigenvalue weighted by Crippen LogP contribution is 2.30. The lowest BCUT2D eigenvalue weighted by molar-refractivity contribution is -0.136. The summed E-state index contributed by atoms with van der Waals surface area (Å²) in [5, 5.41) is 0. The zero-order valence-electron chi connectivity index (χ0n) is 14.6. The number of ketones is 1. The summed E-state index contributed by atoms with van der Waals surface area (Å²) in [6, 6.07) is 12.7. The SMILES string of the molecule is Cc1ccc(/C=C/C(=O)OCC(=O)c2ccc3c(c2)OCCCO3)cc1. The average molecular weight is 352 g/mol. The van der Waals surface area contributed by atoms with Crippen molar-refractivity contribution in [2.24, 2.45) is 0 Å². The first-order chi connectivity index (χ1) is 12.6. The highest BCUT2D eigenvalue weighted by Gasteiger charge is 2.15. The van der Waals surface area contributed by atoms with Crippen molar-refractivity contribution in [1.82, 2.24) is 0 Å². The summed E-state index contributed by atoms with van der Waals surface area (Å²) in [5.41, 5.74) is 2.46. The molecule has 0 spiro atoms. The molecule has 0 saturated carbocycles. The number of esters is 1. The Morgan fingerprint density at radius 2 is 1.77 bits per heavy atom. The van der Waals surface area contributed by atoms with Crippen molar-refractivity contribution in [3.8, 4) is 11.5 Å². The summed E-state index contributed by atoms with van der Waals surface area (Å²) in [6.07, 6.45) is 3.76. The fourth-order valence-corrected chi connectivity index (χ4v) is 2.45. The number of fused-ring (bicyclic) bond motifs is 1. The van der Waals surface area contributed by atoms with E-state index in [1.807, 2.05) is 31.2 Å². The molecule has 0 bridgehead atoms. The number of carbonyl (C=O) groups is 2. The van der Waals surface area contributed by atoms with Gasteiger partial charge in [-0.25, -0.2) is 4.79 Å². The Kier molecular flexibility index (Phi) is 5.69. The zero-order chi connectivity index (χ0) is 18.4. The van der Waals surface area contributed by atoms with Crippen LogP contribution in [0.5, 0.6) is 11.5 Å². The molecular weight excluding hydrogens is 332 g/mol. The van der Waals surface area contributed by atoms with E-state index in [9.17, 15) is 9.59 Å². The van der Waals surface area contributed by atoms with Crippen molar-refractivity contribution >= 4 is 17.8 Å². The monoisotopic (exact) mass is 352 g/mol. The molecule has 0 radical (unpaired) electrons. The second kappa shape index (κ2) is 8.34. The van der Waals surface area contributed by atoms with Crippen molar-refractivity contribution in [3.63, 3.8) is 0 Å². The van der Waals surface area contributed by atoms with E-state index in [1.54, 1.807) is 24.3 Å². The smallest absolute Gasteiger partial charge is 0.331 e. The average Bonchev–Trinajstić information content (AvgIpc) is 2.90. The van der Waals surface area contributed by atoms with Crippen LogP contribution in [-0.2, 0) is 9.53 Å². The van der Waals surface area contributed by atoms with E-state index in [0.29, 0.717) is 30.3 Å². The minimum absolute atomic E-state index is 0.294. The molecule has 0 atom stereocenters. The first-order valence-corrected chi connectivity index (χ1v) is 8.46. The Balaban J connectivity index is 1.55. The summed E-state index contributed by atoms with van der Waals surface area (Å²) in [5.74, 6) is 0.307. The van der Waals surface area contributed by atoms with Crippen molar-refractivity contribution in [3.05, 3.63) is 65.2 Å². The van der Waals surface area contributed by atoms with Crippen LogP contribution >= 0.6 is 0 Å². The van der Waals surface area contributed by atoms with Gasteiger partial charge in [-0.3, -0.25) is 4.79 Å². The van der Waals surface area contributed by atoms with Gasteiger partial charge in [0.2, 0.25) is 0 Å². The van der Waals surface area contributed by atoms with Gasteiger partial charge in [-0.15, -0.1) is 0 Å². The Morgan fingerprint density at radius 3 is 2.54 bits per heavy atom. The maximum Gasteiger partial charge on any atom is 0.331 e. The Labute approximate surface area is 152 Å². The fraction of sp³-hybridized carbons (Fsp3) is 0.238. The van der Waals surface area contributed by atoms with E-state index in [1.165, 1.54) is 6.08 Å². The second-order valence-electron chi connectivity index (χ2n) is 5.99. The van der Waals surface area contributed by atoms with E-state index < -0.39 is 5.97 Å². The third-order valence-electron chi connectivity index (χ3n) is 3.90. The van der Waals surface area contributed by atoms with Crippen LogP contribution in [0.25, 0.3) is 6.08 Å². The molecule has 1 aliphatic rings. The lowest BCUT2D eigenvalue weighted by Crippen LogP contribution is -2.12. The van der Waals surface area contributed by atoms with Crippen molar-refractivity contribution in [2.75, 3.05) is 19.8 Å². The van der Waals surface area contributed by atoms with Gasteiger partial charge < -0.3 is 14.2 Å². The van der Waals surface area contributed by atoms with E-state index in [4.69, 9.17) is 14.2 Å². The number of ether oxygens (including phenoxy) is 3. The molecule has 134 valence electrons. The fourth-order valence-electron chi connectivity index (χ4n) is 2.45. The first kappa shape index (κ1) is 17.7. The summed E-state index contributed by atoms with van der Waals surface area (Å²) in [6.45, 7) is 2.80. The van der Waals surface area contributed by atoms with Crippen LogP contribution in [0.3, 0.4) is 0 Å². The van der Waals surface area contributed by atoms with Crippen LogP contribution in [0.15, 0.2) is 48.5 Å². The van der Waals surface area contributed by atoms with Gasteiger partial charge in [0.25, 0.3) is 0 Å². The normalized spacial score (nSPS) is 13.3. The van der Waals surface area contributed by atoms with Crippen LogP contribution in [0.4, 0.5) is 0 Å². The van der Waals surface area contributed by atoms with E-state index in [2.05, 4.69) is 0 Å². The topological polar surface area (TPSA) is 61.8 Å². The molecule has 5 heteroatoms. The Hall–Kier alpha value is -3.08. The zero-order valence-corrected chi connectivity index (χ0v) is 14.6. The number of aryl methyl sites for hydroxylation is 1. The largest absolute Gasteiger partial charge is 0.490 e. The minimum Gasteiger partial charge on any atom is -0.490 e. The quantitative estimate of drug-likeness (QED) is 0.467. The Bertz CT molecular complexity index is 821. The van der Waals surface area contributed by atoms with Gasteiger partial charge in [0.15, 0.2) is 23.9 Å². The highest BCUT2D eigenvalue weighted by atomic mass is 16.5. The number of rotatable bonds is 5. The van der Waals surface area contributed by atoms with Gasteiger partial charge in [-0.05, 0) is 36.8 Å². The summed E-state index contributed by atoms with van der Waals surface area (Å²) < 4.78 is 16.1. The van der Waals surface area contributed by atoms with Crippen LogP contribution in [0.2, 0.25) is 0 Å². The highest BCUT2D eigenvalue weighted by molar-refractivity contribution is 5.99. The summed E-state index contributed by atoms with van der Waals surface area (Å²) >= 11 is 0. The molecule has 2 aromatic rings. The maximum atomic E-state index is 12.2. The molecule has 0 fully saturated rings. The predicted octanol–water partition coefficient (Wildman–Crippen LogP) is 3.60. The standard InChI is InChI=1S/C21H20O5/c1-15-3-5-16(6-4-15)7-10-21(23)26-14-18(22)17-8-9-19-20(13-17)25-12-2-11-24-19/h3-10,13H,2,11-12,14H2,1H3/b10-7+. The number of hydrogen-bond acceptors (Lipinski definition) is 5. The van der Waals surface area contributed by atoms with Crippen LogP contribution in [-0.4, -0.2) is 31.6 Å². The van der Waals surface area contributed by atoms with Gasteiger partial charge >= 0.3 is 5.97 Å². The predicted molar refractivity (Wildman–Crippen MR) is 97.6 cm³/mol. The summed E-state index contributed by atoms with van der Waals surface area (Å²) in [7, 11) is 0. The summed E-state index contributed by atoms with van der Waals surface area (Å²) in [4.78, 5) is 24.0. The Morgan fingerprint density at radius 1 is 1.04 bits per heavy atom. The molecule has 0 aliphatic carbocycles. The molecule has 0 unspecified atom stereocenters. The molecule has 2 aromatic carbocycles. The molecule has 3 rings (SSSR count). The first-order valence-electron chi connectivity index (χ1n) is 8.46. The molecule has 1 heterocycles. The molecule has 5 nitrogen and oxygen atoms in total. The number of benzene rings is 2. The van der Waals surface area contributed by atoms with Crippen LogP contribution < -0.4 is 9.47 Å². The van der Waals surface area contributed by atoms with Crippen molar-refractivity contribution in [1.29, 1.82) is 0 Å². The second-order valence-corrected chi connectivity index (χ2v) is 5.99. The molecule has 0 N–H and O–H groups in total. The van der Waals surface area contributed by atoms with Gasteiger partial charge in [-0.1, -0.05) is 29.8 Å². The van der Waals surface area contributed by atoms with Crippen LogP contribution in [0.1, 0.15) is 27.9 Å². The third kappa shape index (κ3) is 4.72. The number of carbonyl (C=O) groups excluding carboxylic acids is 2. The van der Waals surface area contributed by atoms with E-state index in [-0.39, 0.29) is 12.4 Å². The molecule has 0 aromatic heterocycles. The lowest BCUT2D eigenvalue weighted by atomic mass is 10.1. The van der Waals surface area contributed by atoms with Crippen molar-refractivity contribution in [2.45, 2.75) is 13.3 Å². The molecule has 0 amide bonds. The molecule has 1 aliphatic heterocycles. The van der Waals surface area contributed by atoms with Crippen LogP contribution in [0, 0.1) is 6.92 Å². The molecule has 26 heavy (non-hydrogen) atoms. The molecular formula is C21H20O5. The third-order valence-corrected chi connectivity index (χ3v) is 3.90. The lowest BCUT2D eigenvalue weighted by Gasteiger charge is -2.08. The number of hydrogen-bond donors (Lipinski definition) is 0. The van der Waals surface area contributed by atoms with Gasteiger partial charge in [-0.2, -0.15) is 0 Å². The van der Waals surface area contributed by atoms with Gasteiger partial charge in [0, 0.05) is 18.1 Å².